The summed E-state index contributed by atoms with van der Waals surface area (Å²) < 4.78 is 5.49. The van der Waals surface area contributed by atoms with E-state index in [2.05, 4.69) is 24.1 Å². The maximum Gasteiger partial charge on any atom is 0.408 e. The number of aliphatic hydroxyl groups is 1. The average molecular weight is 408 g/mol. The first-order chi connectivity index (χ1) is 13.7. The number of carbonyl (C=O) groups is 2. The fraction of sp³-hybridized carbons (Fsp3) is 0.818. The van der Waals surface area contributed by atoms with Crippen molar-refractivity contribution in [2.24, 2.45) is 11.8 Å². The summed E-state index contributed by atoms with van der Waals surface area (Å²) in [5, 5.41) is 16.9. The number of nitrogens with one attached hydrogen (secondary N) is 2. The molecule has 164 valence electrons. The first-order valence-electron chi connectivity index (χ1n) is 11.1. The van der Waals surface area contributed by atoms with Crippen molar-refractivity contribution in [2.45, 2.75) is 95.7 Å². The number of rotatable bonds is 8. The number of nitrogens with zero attached hydrogens (tertiary/aromatic N) is 1. The lowest BCUT2D eigenvalue weighted by Crippen LogP contribution is -2.57. The molecule has 3 aliphatic rings. The van der Waals surface area contributed by atoms with E-state index in [-0.39, 0.29) is 29.5 Å². The summed E-state index contributed by atoms with van der Waals surface area (Å²) in [7, 11) is 0. The third kappa shape index (κ3) is 5.12. The van der Waals surface area contributed by atoms with Gasteiger partial charge in [-0.05, 0) is 63.7 Å². The average Bonchev–Trinajstić information content (AvgIpc) is 3.07. The van der Waals surface area contributed by atoms with Gasteiger partial charge in [-0.1, -0.05) is 19.9 Å². The van der Waals surface area contributed by atoms with Crippen LogP contribution in [0.5, 0.6) is 0 Å². The van der Waals surface area contributed by atoms with Gasteiger partial charge in [0.25, 0.3) is 0 Å². The van der Waals surface area contributed by atoms with Crippen LogP contribution < -0.4 is 10.6 Å². The SMILES string of the molecule is C=C[C@@H]1C[C@@]1(C)NC(O)[C@@H]1CCCN1C(=O)[C@@H](NC(=O)OC1CCCC1)C(C)C. The molecule has 0 spiro atoms. The van der Waals surface area contributed by atoms with Gasteiger partial charge in [0.2, 0.25) is 5.91 Å². The van der Waals surface area contributed by atoms with Crippen molar-refractivity contribution in [2.75, 3.05) is 6.54 Å². The predicted molar refractivity (Wildman–Crippen MR) is 111 cm³/mol. The van der Waals surface area contributed by atoms with Crippen LogP contribution in [0.15, 0.2) is 12.7 Å². The minimum atomic E-state index is -0.797. The molecule has 0 aromatic heterocycles. The second kappa shape index (κ2) is 9.04. The number of carbonyl (C=O) groups excluding carboxylic acids is 2. The van der Waals surface area contributed by atoms with E-state index in [9.17, 15) is 14.7 Å². The largest absolute Gasteiger partial charge is 0.446 e. The maximum absolute atomic E-state index is 13.3. The van der Waals surface area contributed by atoms with Crippen LogP contribution in [0.3, 0.4) is 0 Å². The smallest absolute Gasteiger partial charge is 0.408 e. The van der Waals surface area contributed by atoms with Crippen LogP contribution in [-0.2, 0) is 9.53 Å². The maximum atomic E-state index is 13.3. The fourth-order valence-electron chi connectivity index (χ4n) is 4.75. The Morgan fingerprint density at radius 2 is 1.93 bits per heavy atom. The van der Waals surface area contributed by atoms with E-state index in [1.165, 1.54) is 0 Å². The minimum Gasteiger partial charge on any atom is -0.446 e. The molecule has 7 nitrogen and oxygen atoms in total. The van der Waals surface area contributed by atoms with Crippen molar-refractivity contribution in [3.8, 4) is 0 Å². The molecule has 29 heavy (non-hydrogen) atoms. The zero-order chi connectivity index (χ0) is 21.2. The molecule has 2 aliphatic carbocycles. The standard InChI is InChI=1S/C22H37N3O4/c1-5-15-13-22(15,4)24-19(26)17-11-8-12-25(17)20(27)18(14(2)3)23-21(28)29-16-9-6-7-10-16/h5,14-19,24,26H,1,6-13H2,2-4H3,(H,23,28)/t15-,17+,18+,19?,22-/m1/s1. The van der Waals surface area contributed by atoms with E-state index >= 15 is 0 Å². The molecule has 3 fully saturated rings. The Labute approximate surface area is 174 Å². The number of amides is 2. The lowest BCUT2D eigenvalue weighted by atomic mass is 10.0. The van der Waals surface area contributed by atoms with Crippen molar-refractivity contribution in [1.82, 2.24) is 15.5 Å². The molecule has 1 unspecified atom stereocenters. The molecule has 2 amide bonds. The van der Waals surface area contributed by atoms with Crippen molar-refractivity contribution in [3.63, 3.8) is 0 Å². The molecule has 1 saturated heterocycles. The summed E-state index contributed by atoms with van der Waals surface area (Å²) in [5.41, 5.74) is -0.154. The monoisotopic (exact) mass is 407 g/mol. The molecule has 2 saturated carbocycles. The van der Waals surface area contributed by atoms with Gasteiger partial charge < -0.3 is 20.1 Å². The Bertz CT molecular complexity index is 619. The quantitative estimate of drug-likeness (QED) is 0.425. The molecule has 0 radical (unpaired) electrons. The number of likely N-dealkylation sites (tertiary alicyclic amines) is 1. The van der Waals surface area contributed by atoms with Gasteiger partial charge in [-0.25, -0.2) is 4.79 Å². The van der Waals surface area contributed by atoms with E-state index < -0.39 is 18.4 Å². The second-order valence-corrected chi connectivity index (χ2v) is 9.47. The third-order valence-electron chi connectivity index (χ3n) is 6.79. The third-order valence-corrected chi connectivity index (χ3v) is 6.79. The summed E-state index contributed by atoms with van der Waals surface area (Å²) in [6.07, 6.45) is 7.03. The highest BCUT2D eigenvalue weighted by atomic mass is 16.6. The highest BCUT2D eigenvalue weighted by Gasteiger charge is 2.50. The van der Waals surface area contributed by atoms with Gasteiger partial charge in [-0.2, -0.15) is 0 Å². The number of alkyl carbamates (subject to hydrolysis) is 1. The van der Waals surface area contributed by atoms with Crippen molar-refractivity contribution in [1.29, 1.82) is 0 Å². The predicted octanol–water partition coefficient (Wildman–Crippen LogP) is 2.54. The van der Waals surface area contributed by atoms with E-state index in [1.807, 2.05) is 19.9 Å². The normalized spacial score (nSPS) is 31.6. The van der Waals surface area contributed by atoms with Crippen LogP contribution in [0.2, 0.25) is 0 Å². The minimum absolute atomic E-state index is 0.0411. The first-order valence-corrected chi connectivity index (χ1v) is 11.1. The summed E-state index contributed by atoms with van der Waals surface area (Å²) in [4.78, 5) is 27.3. The van der Waals surface area contributed by atoms with Gasteiger partial charge in [0.1, 0.15) is 18.4 Å². The van der Waals surface area contributed by atoms with Gasteiger partial charge in [0, 0.05) is 12.1 Å². The molecule has 0 aromatic rings. The Morgan fingerprint density at radius 1 is 1.24 bits per heavy atom. The van der Waals surface area contributed by atoms with E-state index in [4.69, 9.17) is 4.74 Å². The number of hydrogen-bond acceptors (Lipinski definition) is 5. The molecule has 5 atom stereocenters. The van der Waals surface area contributed by atoms with Crippen molar-refractivity contribution >= 4 is 12.0 Å². The van der Waals surface area contributed by atoms with Crippen LogP contribution in [0.4, 0.5) is 4.79 Å². The lowest BCUT2D eigenvalue weighted by molar-refractivity contribution is -0.138. The van der Waals surface area contributed by atoms with Gasteiger partial charge in [-0.3, -0.25) is 10.1 Å². The molecule has 1 heterocycles. The van der Waals surface area contributed by atoms with Crippen molar-refractivity contribution < 1.29 is 19.4 Å². The Balaban J connectivity index is 1.60. The highest BCUT2D eigenvalue weighted by Crippen LogP contribution is 2.44. The van der Waals surface area contributed by atoms with Crippen molar-refractivity contribution in [3.05, 3.63) is 12.7 Å². The molecule has 0 bridgehead atoms. The summed E-state index contributed by atoms with van der Waals surface area (Å²) in [6.45, 7) is 10.3. The topological polar surface area (TPSA) is 90.9 Å². The Morgan fingerprint density at radius 3 is 2.52 bits per heavy atom. The summed E-state index contributed by atoms with van der Waals surface area (Å²) >= 11 is 0. The number of hydrogen-bond donors (Lipinski definition) is 3. The summed E-state index contributed by atoms with van der Waals surface area (Å²) in [5.74, 6) is 0.127. The zero-order valence-corrected chi connectivity index (χ0v) is 18.0. The van der Waals surface area contributed by atoms with Crippen LogP contribution in [0.25, 0.3) is 0 Å². The molecule has 0 aromatic carbocycles. The first kappa shape index (κ1) is 22.1. The zero-order valence-electron chi connectivity index (χ0n) is 18.0. The molecule has 7 heteroatoms. The van der Waals surface area contributed by atoms with E-state index in [1.54, 1.807) is 4.90 Å². The number of ether oxygens (including phenoxy) is 1. The highest BCUT2D eigenvalue weighted by molar-refractivity contribution is 5.86. The molecular weight excluding hydrogens is 370 g/mol. The van der Waals surface area contributed by atoms with E-state index in [0.29, 0.717) is 12.5 Å². The molecule has 3 N–H and O–H groups in total. The summed E-state index contributed by atoms with van der Waals surface area (Å²) in [6, 6.07) is -0.951. The van der Waals surface area contributed by atoms with E-state index in [0.717, 1.165) is 44.9 Å². The molecular formula is C22H37N3O4. The second-order valence-electron chi connectivity index (χ2n) is 9.47. The molecule has 3 rings (SSSR count). The van der Waals surface area contributed by atoms with Gasteiger partial charge >= 0.3 is 6.09 Å². The van der Waals surface area contributed by atoms with Gasteiger partial charge in [0.05, 0.1) is 6.04 Å². The van der Waals surface area contributed by atoms with Crippen LogP contribution >= 0.6 is 0 Å². The van der Waals surface area contributed by atoms with Gasteiger partial charge in [-0.15, -0.1) is 6.58 Å². The number of aliphatic hydroxyl groups excluding tert-OH is 1. The van der Waals surface area contributed by atoms with Gasteiger partial charge in [0.15, 0.2) is 0 Å². The molecule has 1 aliphatic heterocycles. The Kier molecular flexibility index (Phi) is 6.89. The van der Waals surface area contributed by atoms with Crippen LogP contribution in [0, 0.1) is 11.8 Å². The van der Waals surface area contributed by atoms with Crippen LogP contribution in [-0.4, -0.2) is 58.5 Å². The lowest BCUT2D eigenvalue weighted by Gasteiger charge is -2.34. The fourth-order valence-corrected chi connectivity index (χ4v) is 4.75. The van der Waals surface area contributed by atoms with Crippen LogP contribution in [0.1, 0.15) is 65.7 Å². The Hall–Kier alpha value is -1.60.